The Kier molecular flexibility index (Phi) is 7.18. The van der Waals surface area contributed by atoms with Crippen molar-refractivity contribution < 1.29 is 9.90 Å². The fourth-order valence-corrected chi connectivity index (χ4v) is 3.47. The molecule has 0 amide bonds. The van der Waals surface area contributed by atoms with E-state index in [9.17, 15) is 9.90 Å². The van der Waals surface area contributed by atoms with Crippen LogP contribution >= 0.6 is 12.4 Å². The Balaban J connectivity index is 0.00000225. The minimum absolute atomic E-state index is 0. The number of piperidine rings is 1. The average Bonchev–Trinajstić information content (AvgIpc) is 2.67. The zero-order chi connectivity index (χ0) is 16.8. The molecule has 0 unspecified atom stereocenters. The van der Waals surface area contributed by atoms with E-state index in [0.29, 0.717) is 17.5 Å². The number of halogens is 1. The van der Waals surface area contributed by atoms with E-state index in [1.807, 2.05) is 60.7 Å². The van der Waals surface area contributed by atoms with Crippen molar-refractivity contribution in [2.75, 3.05) is 19.6 Å². The van der Waals surface area contributed by atoms with E-state index in [1.165, 1.54) is 19.3 Å². The molecule has 4 heteroatoms. The van der Waals surface area contributed by atoms with Gasteiger partial charge in [0.15, 0.2) is 11.4 Å². The van der Waals surface area contributed by atoms with Crippen LogP contribution in [-0.2, 0) is 10.4 Å². The predicted octanol–water partition coefficient (Wildman–Crippen LogP) is 3.79. The molecule has 2 aromatic carbocycles. The molecule has 2 aromatic rings. The molecule has 0 aromatic heterocycles. The van der Waals surface area contributed by atoms with Gasteiger partial charge in [0.05, 0.1) is 0 Å². The highest BCUT2D eigenvalue weighted by molar-refractivity contribution is 5.92. The van der Waals surface area contributed by atoms with Crippen LogP contribution in [-0.4, -0.2) is 35.4 Å². The van der Waals surface area contributed by atoms with Gasteiger partial charge in [0.25, 0.3) is 0 Å². The van der Waals surface area contributed by atoms with E-state index in [1.54, 1.807) is 0 Å². The van der Waals surface area contributed by atoms with Crippen molar-refractivity contribution in [2.24, 2.45) is 0 Å². The fraction of sp³-hybridized carbons (Fsp3) is 0.381. The Morgan fingerprint density at radius 1 is 0.880 bits per heavy atom. The van der Waals surface area contributed by atoms with Gasteiger partial charge in [-0.1, -0.05) is 67.1 Å². The van der Waals surface area contributed by atoms with Crippen LogP contribution in [0.1, 0.15) is 36.8 Å². The number of aliphatic hydroxyl groups is 1. The maximum Gasteiger partial charge on any atom is 0.174 e. The van der Waals surface area contributed by atoms with Gasteiger partial charge >= 0.3 is 0 Å². The second-order valence-corrected chi connectivity index (χ2v) is 6.52. The topological polar surface area (TPSA) is 40.5 Å². The van der Waals surface area contributed by atoms with Crippen LogP contribution in [0.2, 0.25) is 0 Å². The molecule has 1 saturated heterocycles. The van der Waals surface area contributed by atoms with E-state index in [0.717, 1.165) is 19.6 Å². The summed E-state index contributed by atoms with van der Waals surface area (Å²) in [6.07, 6.45) is 4.05. The summed E-state index contributed by atoms with van der Waals surface area (Å²) in [5.41, 5.74) is -0.294. The number of benzene rings is 2. The molecule has 1 heterocycles. The quantitative estimate of drug-likeness (QED) is 0.853. The standard InChI is InChI=1S/C21H25NO2.ClH/c23-20(14-17-22-15-8-3-9-16-22)21(24,18-10-4-1-5-11-18)19-12-6-2-7-13-19;/h1-2,4-7,10-13,24H,3,8-9,14-17H2;1H. The maximum absolute atomic E-state index is 13.0. The van der Waals surface area contributed by atoms with E-state index in [4.69, 9.17) is 0 Å². The summed E-state index contributed by atoms with van der Waals surface area (Å²) in [7, 11) is 0. The molecule has 3 rings (SSSR count). The lowest BCUT2D eigenvalue weighted by Gasteiger charge is -2.30. The molecule has 25 heavy (non-hydrogen) atoms. The third-order valence-electron chi connectivity index (χ3n) is 4.89. The van der Waals surface area contributed by atoms with Gasteiger partial charge in [0, 0.05) is 13.0 Å². The molecule has 1 fully saturated rings. The molecule has 1 aliphatic rings. The molecule has 0 aliphatic carbocycles. The van der Waals surface area contributed by atoms with Crippen molar-refractivity contribution in [1.29, 1.82) is 0 Å². The molecule has 0 saturated carbocycles. The van der Waals surface area contributed by atoms with Crippen LogP contribution in [0.3, 0.4) is 0 Å². The summed E-state index contributed by atoms with van der Waals surface area (Å²) in [5, 5.41) is 11.4. The zero-order valence-electron chi connectivity index (χ0n) is 14.4. The number of Topliss-reactive ketones (excluding diaryl/α,β-unsaturated/α-hetero) is 1. The maximum atomic E-state index is 13.0. The summed E-state index contributed by atoms with van der Waals surface area (Å²) < 4.78 is 0. The highest BCUT2D eigenvalue weighted by Crippen LogP contribution is 2.31. The molecule has 0 bridgehead atoms. The minimum Gasteiger partial charge on any atom is -0.373 e. The first kappa shape index (κ1) is 19.6. The summed E-state index contributed by atoms with van der Waals surface area (Å²) in [6.45, 7) is 2.84. The fourth-order valence-electron chi connectivity index (χ4n) is 3.47. The van der Waals surface area contributed by atoms with Gasteiger partial charge in [-0.3, -0.25) is 4.79 Å². The first-order valence-corrected chi connectivity index (χ1v) is 8.80. The van der Waals surface area contributed by atoms with Crippen LogP contribution in [0.25, 0.3) is 0 Å². The molecular weight excluding hydrogens is 334 g/mol. The number of rotatable bonds is 6. The normalized spacial score (nSPS) is 15.4. The van der Waals surface area contributed by atoms with Crippen molar-refractivity contribution in [3.8, 4) is 0 Å². The van der Waals surface area contributed by atoms with E-state index < -0.39 is 5.60 Å². The lowest BCUT2D eigenvalue weighted by molar-refractivity contribution is -0.134. The van der Waals surface area contributed by atoms with Gasteiger partial charge < -0.3 is 10.0 Å². The van der Waals surface area contributed by atoms with Gasteiger partial charge in [-0.05, 0) is 37.1 Å². The Labute approximate surface area is 156 Å². The number of hydrogen-bond donors (Lipinski definition) is 1. The Morgan fingerprint density at radius 2 is 1.36 bits per heavy atom. The van der Waals surface area contributed by atoms with Gasteiger partial charge in [-0.2, -0.15) is 0 Å². The van der Waals surface area contributed by atoms with Gasteiger partial charge in [0.2, 0.25) is 0 Å². The van der Waals surface area contributed by atoms with Crippen LogP contribution in [0.4, 0.5) is 0 Å². The highest BCUT2D eigenvalue weighted by Gasteiger charge is 2.39. The number of likely N-dealkylation sites (tertiary alicyclic amines) is 1. The van der Waals surface area contributed by atoms with Crippen LogP contribution in [0.5, 0.6) is 0 Å². The number of nitrogens with zero attached hydrogens (tertiary/aromatic N) is 1. The van der Waals surface area contributed by atoms with Crippen LogP contribution < -0.4 is 0 Å². The summed E-state index contributed by atoms with van der Waals surface area (Å²) in [4.78, 5) is 15.4. The van der Waals surface area contributed by atoms with E-state index >= 15 is 0 Å². The first-order valence-electron chi connectivity index (χ1n) is 8.80. The summed E-state index contributed by atoms with van der Waals surface area (Å²) in [5.74, 6) is -0.134. The predicted molar refractivity (Wildman–Crippen MR) is 103 cm³/mol. The Morgan fingerprint density at radius 3 is 1.84 bits per heavy atom. The van der Waals surface area contributed by atoms with Gasteiger partial charge in [0.1, 0.15) is 0 Å². The molecule has 0 spiro atoms. The zero-order valence-corrected chi connectivity index (χ0v) is 15.3. The van der Waals surface area contributed by atoms with Gasteiger partial charge in [-0.15, -0.1) is 12.4 Å². The Hall–Kier alpha value is -1.68. The lowest BCUT2D eigenvalue weighted by Crippen LogP contribution is -2.40. The molecule has 3 nitrogen and oxygen atoms in total. The monoisotopic (exact) mass is 359 g/mol. The van der Waals surface area contributed by atoms with E-state index in [-0.39, 0.29) is 18.2 Å². The van der Waals surface area contributed by atoms with Crippen molar-refractivity contribution >= 4 is 18.2 Å². The van der Waals surface area contributed by atoms with Crippen molar-refractivity contribution in [2.45, 2.75) is 31.3 Å². The van der Waals surface area contributed by atoms with Crippen LogP contribution in [0, 0.1) is 0 Å². The molecule has 134 valence electrons. The number of carbonyl (C=O) groups is 1. The number of ketones is 1. The average molecular weight is 360 g/mol. The minimum atomic E-state index is -1.57. The van der Waals surface area contributed by atoms with E-state index in [2.05, 4.69) is 4.90 Å². The van der Waals surface area contributed by atoms with Crippen molar-refractivity contribution in [1.82, 2.24) is 4.90 Å². The third-order valence-corrected chi connectivity index (χ3v) is 4.89. The third kappa shape index (κ3) is 4.49. The SMILES string of the molecule is Cl.O=C(CCN1CCCCC1)C(O)(c1ccccc1)c1ccccc1. The van der Waals surface area contributed by atoms with Crippen molar-refractivity contribution in [3.63, 3.8) is 0 Å². The van der Waals surface area contributed by atoms with Crippen LogP contribution in [0.15, 0.2) is 60.7 Å². The second kappa shape index (κ2) is 9.14. The summed E-state index contributed by atoms with van der Waals surface area (Å²) in [6, 6.07) is 18.5. The molecule has 1 N–H and O–H groups in total. The first-order chi connectivity index (χ1) is 11.7. The smallest absolute Gasteiger partial charge is 0.174 e. The number of hydrogen-bond acceptors (Lipinski definition) is 3. The molecule has 0 atom stereocenters. The van der Waals surface area contributed by atoms with Crippen molar-refractivity contribution in [3.05, 3.63) is 71.8 Å². The molecule has 0 radical (unpaired) electrons. The summed E-state index contributed by atoms with van der Waals surface area (Å²) >= 11 is 0. The Bertz CT molecular complexity index is 615. The largest absolute Gasteiger partial charge is 0.373 e. The number of carbonyl (C=O) groups excluding carboxylic acids is 1. The second-order valence-electron chi connectivity index (χ2n) is 6.52. The highest BCUT2D eigenvalue weighted by atomic mass is 35.5. The lowest BCUT2D eigenvalue weighted by atomic mass is 9.81. The van der Waals surface area contributed by atoms with Gasteiger partial charge in [-0.25, -0.2) is 0 Å². The molecular formula is C21H26ClNO2. The molecule has 1 aliphatic heterocycles.